The number of aromatic nitrogens is 3. The van der Waals surface area contributed by atoms with E-state index in [1.807, 2.05) is 31.2 Å². The zero-order valence-corrected chi connectivity index (χ0v) is 23.0. The molecule has 2 N–H and O–H groups in total. The fourth-order valence-corrected chi connectivity index (χ4v) is 5.35. The van der Waals surface area contributed by atoms with Gasteiger partial charge in [-0.25, -0.2) is 18.4 Å². The van der Waals surface area contributed by atoms with E-state index < -0.39 is 41.7 Å². The monoisotopic (exact) mass is 574 g/mol. The van der Waals surface area contributed by atoms with E-state index in [2.05, 4.69) is 26.8 Å². The summed E-state index contributed by atoms with van der Waals surface area (Å²) >= 11 is 0. The molecule has 0 atom stereocenters. The lowest BCUT2D eigenvalue weighted by Gasteiger charge is -2.39. The Morgan fingerprint density at radius 2 is 1.74 bits per heavy atom. The van der Waals surface area contributed by atoms with Crippen molar-refractivity contribution in [2.45, 2.75) is 62.4 Å². The lowest BCUT2D eigenvalue weighted by atomic mass is 9.78. The molecule has 6 rings (SSSR count). The van der Waals surface area contributed by atoms with Crippen LogP contribution in [0.1, 0.15) is 54.9 Å². The summed E-state index contributed by atoms with van der Waals surface area (Å²) in [7, 11) is 1.57. The number of alkyl halides is 2. The zero-order chi connectivity index (χ0) is 29.7. The summed E-state index contributed by atoms with van der Waals surface area (Å²) in [6.45, 7) is 1.84. The molecule has 10 nitrogen and oxygen atoms in total. The first kappa shape index (κ1) is 27.4. The maximum Gasteiger partial charge on any atom is 0.287 e. The van der Waals surface area contributed by atoms with Crippen molar-refractivity contribution >= 4 is 22.8 Å². The number of nitriles is 1. The first-order valence-electron chi connectivity index (χ1n) is 13.6. The summed E-state index contributed by atoms with van der Waals surface area (Å²) in [6, 6.07) is 14.7. The highest BCUT2D eigenvalue weighted by atomic mass is 19.3. The van der Waals surface area contributed by atoms with E-state index in [9.17, 15) is 23.6 Å². The van der Waals surface area contributed by atoms with Crippen molar-refractivity contribution in [1.29, 1.82) is 5.26 Å². The largest absolute Gasteiger partial charge is 0.494 e. The number of aryl methyl sites for hydroxylation is 1. The van der Waals surface area contributed by atoms with Gasteiger partial charge >= 0.3 is 0 Å². The minimum absolute atomic E-state index is 0.0531. The Kier molecular flexibility index (Phi) is 6.48. The summed E-state index contributed by atoms with van der Waals surface area (Å²) in [5.41, 5.74) is 0.233. The van der Waals surface area contributed by atoms with Gasteiger partial charge < -0.3 is 19.8 Å². The van der Waals surface area contributed by atoms with E-state index in [1.165, 1.54) is 6.33 Å². The molecule has 2 heterocycles. The van der Waals surface area contributed by atoms with Crippen molar-refractivity contribution in [3.05, 3.63) is 60.4 Å². The van der Waals surface area contributed by atoms with Gasteiger partial charge in [-0.15, -0.1) is 0 Å². The van der Waals surface area contributed by atoms with E-state index in [1.54, 1.807) is 30.0 Å². The van der Waals surface area contributed by atoms with Crippen LogP contribution in [0.15, 0.2) is 53.2 Å². The molecule has 4 aromatic rings. The first-order valence-corrected chi connectivity index (χ1v) is 13.6. The number of rotatable bonds is 7. The highest BCUT2D eigenvalue weighted by Gasteiger charge is 2.53. The van der Waals surface area contributed by atoms with Gasteiger partial charge in [-0.2, -0.15) is 10.4 Å². The molecule has 0 saturated heterocycles. The van der Waals surface area contributed by atoms with Crippen LogP contribution in [0.3, 0.4) is 0 Å². The minimum Gasteiger partial charge on any atom is -0.494 e. The number of furan rings is 1. The summed E-state index contributed by atoms with van der Waals surface area (Å²) in [5.74, 6) is -2.99. The van der Waals surface area contributed by atoms with Crippen LogP contribution in [-0.4, -0.2) is 50.7 Å². The fourth-order valence-electron chi connectivity index (χ4n) is 5.35. The van der Waals surface area contributed by atoms with Gasteiger partial charge in [0.05, 0.1) is 13.2 Å². The topological polar surface area (TPSA) is 135 Å². The van der Waals surface area contributed by atoms with Crippen LogP contribution in [0.5, 0.6) is 5.75 Å². The molecule has 0 radical (unpaired) electrons. The Labute approximate surface area is 239 Å². The molecule has 2 aliphatic rings. The van der Waals surface area contributed by atoms with Gasteiger partial charge in [0.15, 0.2) is 5.76 Å². The summed E-state index contributed by atoms with van der Waals surface area (Å²) in [4.78, 5) is 30.8. The van der Waals surface area contributed by atoms with Crippen LogP contribution < -0.4 is 15.4 Å². The second-order valence-electron chi connectivity index (χ2n) is 11.0. The summed E-state index contributed by atoms with van der Waals surface area (Å²) in [5, 5.41) is 19.7. The molecular weight excluding hydrogens is 546 g/mol. The van der Waals surface area contributed by atoms with Crippen molar-refractivity contribution in [2.24, 2.45) is 0 Å². The number of carbonyl (C=O) groups excluding carboxylic acids is 2. The maximum atomic E-state index is 14.0. The Hall–Kier alpha value is -4.79. The average molecular weight is 575 g/mol. The Morgan fingerprint density at radius 1 is 1.02 bits per heavy atom. The van der Waals surface area contributed by atoms with Gasteiger partial charge in [0.2, 0.25) is 11.8 Å². The van der Waals surface area contributed by atoms with Crippen molar-refractivity contribution in [2.75, 3.05) is 7.11 Å². The first-order chi connectivity index (χ1) is 20.1. The lowest BCUT2D eigenvalue weighted by Crippen LogP contribution is -2.62. The van der Waals surface area contributed by atoms with E-state index in [4.69, 9.17) is 9.15 Å². The summed E-state index contributed by atoms with van der Waals surface area (Å²) in [6.07, 6.45) is 0.816. The quantitative estimate of drug-likeness (QED) is 0.322. The van der Waals surface area contributed by atoms with Crippen LogP contribution in [0.4, 0.5) is 8.78 Å². The predicted octanol–water partition coefficient (Wildman–Crippen LogP) is 4.85. The number of hydrogen-bond acceptors (Lipinski definition) is 7. The number of carbonyl (C=O) groups is 2. The van der Waals surface area contributed by atoms with Crippen LogP contribution in [0.2, 0.25) is 0 Å². The maximum absolute atomic E-state index is 14.0. The molecule has 12 heteroatoms. The highest BCUT2D eigenvalue weighted by molar-refractivity contribution is 6.01. The van der Waals surface area contributed by atoms with Crippen LogP contribution in [-0.2, 0) is 4.79 Å². The average Bonchev–Trinajstić information content (AvgIpc) is 3.40. The van der Waals surface area contributed by atoms with E-state index in [0.29, 0.717) is 35.4 Å². The normalized spacial score (nSPS) is 18.2. The lowest BCUT2D eigenvalue weighted by molar-refractivity contribution is -0.133. The molecule has 2 aliphatic carbocycles. The molecule has 2 aromatic heterocycles. The zero-order valence-electron chi connectivity index (χ0n) is 23.0. The minimum atomic E-state index is -2.92. The van der Waals surface area contributed by atoms with E-state index in [0.717, 1.165) is 16.8 Å². The third kappa shape index (κ3) is 4.95. The summed E-state index contributed by atoms with van der Waals surface area (Å²) < 4.78 is 41.2. The van der Waals surface area contributed by atoms with Gasteiger partial charge in [0.1, 0.15) is 40.2 Å². The molecule has 42 heavy (non-hydrogen) atoms. The van der Waals surface area contributed by atoms with Gasteiger partial charge in [-0.05, 0) is 68.0 Å². The van der Waals surface area contributed by atoms with Crippen LogP contribution >= 0.6 is 0 Å². The van der Waals surface area contributed by atoms with Crippen molar-refractivity contribution in [3.63, 3.8) is 0 Å². The molecule has 2 amide bonds. The van der Waals surface area contributed by atoms with Crippen molar-refractivity contribution < 1.29 is 27.5 Å². The second-order valence-corrected chi connectivity index (χ2v) is 11.0. The molecule has 2 fully saturated rings. The smallest absolute Gasteiger partial charge is 0.287 e. The second kappa shape index (κ2) is 9.94. The van der Waals surface area contributed by atoms with E-state index in [-0.39, 0.29) is 18.6 Å². The van der Waals surface area contributed by atoms with Crippen LogP contribution in [0.25, 0.3) is 27.8 Å². The number of benzene rings is 2. The van der Waals surface area contributed by atoms with Gasteiger partial charge in [0, 0.05) is 18.2 Å². The number of halogens is 2. The van der Waals surface area contributed by atoms with Crippen molar-refractivity contribution in [1.82, 2.24) is 25.4 Å². The predicted molar refractivity (Wildman–Crippen MR) is 147 cm³/mol. The molecule has 216 valence electrons. The third-order valence-corrected chi connectivity index (χ3v) is 8.14. The van der Waals surface area contributed by atoms with Gasteiger partial charge in [-0.3, -0.25) is 9.59 Å². The number of ether oxygens (including phenoxy) is 1. The molecule has 2 saturated carbocycles. The van der Waals surface area contributed by atoms with Gasteiger partial charge in [0.25, 0.3) is 5.91 Å². The van der Waals surface area contributed by atoms with E-state index >= 15 is 0 Å². The van der Waals surface area contributed by atoms with Gasteiger partial charge in [-0.1, -0.05) is 18.2 Å². The number of nitrogens with zero attached hydrogens (tertiary/aromatic N) is 4. The number of fused-ring (bicyclic) bond motifs is 1. The molecule has 0 spiro atoms. The number of hydrogen-bond donors (Lipinski definition) is 2. The molecule has 2 aromatic carbocycles. The third-order valence-electron chi connectivity index (χ3n) is 8.14. The number of amides is 2. The number of methoxy groups -OCH3 is 1. The molecule has 0 bridgehead atoms. The SMILES string of the molecule is COc1cc(-c2ccc3cc(C(=O)NC4(C(=O)NC5(C#N)CC5)CCC(F)(F)CC4)oc3c2)ccc1-n1ncnc1C. The molecule has 0 unspecified atom stereocenters. The van der Waals surface area contributed by atoms with Crippen molar-refractivity contribution in [3.8, 4) is 28.6 Å². The Morgan fingerprint density at radius 3 is 2.38 bits per heavy atom. The Balaban J connectivity index is 1.26. The standard InChI is InChI=1S/C30H28F2N6O4/c1-18-34-17-35-38(18)22-6-5-20(14-24(22)41-2)19-3-4-21-15-25(42-23(21)13-19)26(39)36-29(9-11-30(31,32)12-10-29)27(40)37-28(16-33)7-8-28/h3-6,13-15,17H,7-12H2,1-2H3,(H,36,39)(H,37,40). The highest BCUT2D eigenvalue weighted by Crippen LogP contribution is 2.41. The fraction of sp³-hybridized carbons (Fsp3) is 0.367. The number of nitrogens with one attached hydrogen (secondary N) is 2. The molecular formula is C30H28F2N6O4. The molecule has 0 aliphatic heterocycles. The Bertz CT molecular complexity index is 1740. The van der Waals surface area contributed by atoms with Crippen LogP contribution in [0, 0.1) is 18.3 Å².